The molecule has 1 heterocycles. The highest BCUT2D eigenvalue weighted by atomic mass is 16.2. The zero-order chi connectivity index (χ0) is 13.8. The zero-order valence-corrected chi connectivity index (χ0v) is 11.6. The van der Waals surface area contributed by atoms with E-state index in [4.69, 9.17) is 5.73 Å². The minimum absolute atomic E-state index is 0.122. The fraction of sp³-hybridized carbons (Fsp3) is 0.400. The van der Waals surface area contributed by atoms with Crippen LogP contribution in [0.3, 0.4) is 0 Å². The van der Waals surface area contributed by atoms with Gasteiger partial charge in [-0.2, -0.15) is 0 Å². The van der Waals surface area contributed by atoms with Crippen LogP contribution in [-0.2, 0) is 4.79 Å². The van der Waals surface area contributed by atoms with E-state index in [1.165, 1.54) is 5.69 Å². The molecule has 1 amide bonds. The topological polar surface area (TPSA) is 49.6 Å². The smallest absolute Gasteiger partial charge is 0.246 e. The Bertz CT molecular complexity index is 467. The Balaban J connectivity index is 1.94. The largest absolute Gasteiger partial charge is 0.399 e. The van der Waals surface area contributed by atoms with E-state index in [1.807, 2.05) is 43.0 Å². The van der Waals surface area contributed by atoms with Crippen molar-refractivity contribution < 1.29 is 4.79 Å². The molecule has 1 aromatic carbocycles. The molecule has 1 aromatic rings. The lowest BCUT2D eigenvalue weighted by atomic mass is 10.2. The highest BCUT2D eigenvalue weighted by Crippen LogP contribution is 2.18. The summed E-state index contributed by atoms with van der Waals surface area (Å²) in [6.07, 6.45) is 1.71. The van der Waals surface area contributed by atoms with Crippen LogP contribution in [0.1, 0.15) is 13.8 Å². The molecule has 4 heteroatoms. The molecule has 4 nitrogen and oxygen atoms in total. The predicted octanol–water partition coefficient (Wildman–Crippen LogP) is 1.88. The van der Waals surface area contributed by atoms with Gasteiger partial charge in [-0.3, -0.25) is 4.79 Å². The van der Waals surface area contributed by atoms with Gasteiger partial charge in [0, 0.05) is 43.6 Å². The summed E-state index contributed by atoms with van der Waals surface area (Å²) in [5, 5.41) is 0. The molecule has 2 N–H and O–H groups in total. The average molecular weight is 259 g/mol. The predicted molar refractivity (Wildman–Crippen MR) is 79.1 cm³/mol. The highest BCUT2D eigenvalue weighted by molar-refractivity contribution is 5.88. The molecule has 0 spiro atoms. The summed E-state index contributed by atoms with van der Waals surface area (Å²) in [6, 6.07) is 7.89. The van der Waals surface area contributed by atoms with Crippen molar-refractivity contribution in [3.05, 3.63) is 35.9 Å². The third kappa shape index (κ3) is 3.50. The number of hydrogen-bond acceptors (Lipinski definition) is 3. The molecule has 0 atom stereocenters. The fourth-order valence-corrected chi connectivity index (χ4v) is 2.21. The summed E-state index contributed by atoms with van der Waals surface area (Å²) in [7, 11) is 0. The van der Waals surface area contributed by atoms with Gasteiger partial charge in [0.25, 0.3) is 0 Å². The van der Waals surface area contributed by atoms with Crippen LogP contribution < -0.4 is 10.6 Å². The summed E-state index contributed by atoms with van der Waals surface area (Å²) >= 11 is 0. The number of benzene rings is 1. The summed E-state index contributed by atoms with van der Waals surface area (Å²) in [4.78, 5) is 16.1. The van der Waals surface area contributed by atoms with Crippen LogP contribution in [0.25, 0.3) is 0 Å². The second-order valence-electron chi connectivity index (χ2n) is 5.13. The van der Waals surface area contributed by atoms with Gasteiger partial charge in [-0.15, -0.1) is 0 Å². The number of carbonyl (C=O) groups is 1. The first-order chi connectivity index (χ1) is 9.06. The van der Waals surface area contributed by atoms with Gasteiger partial charge in [0.15, 0.2) is 0 Å². The number of nitrogens with two attached hydrogens (primary N) is 1. The maximum atomic E-state index is 11.9. The highest BCUT2D eigenvalue weighted by Gasteiger charge is 2.19. The van der Waals surface area contributed by atoms with Crippen LogP contribution in [0, 0.1) is 0 Å². The van der Waals surface area contributed by atoms with Gasteiger partial charge in [0.2, 0.25) is 5.91 Å². The van der Waals surface area contributed by atoms with Crippen LogP contribution in [0.5, 0.6) is 0 Å². The zero-order valence-electron chi connectivity index (χ0n) is 11.6. The molecule has 0 aliphatic carbocycles. The lowest BCUT2D eigenvalue weighted by molar-refractivity contribution is -0.126. The molecule has 0 bridgehead atoms. The second-order valence-corrected chi connectivity index (χ2v) is 5.13. The van der Waals surface area contributed by atoms with E-state index in [2.05, 4.69) is 4.90 Å². The monoisotopic (exact) mass is 259 g/mol. The Morgan fingerprint density at radius 3 is 2.21 bits per heavy atom. The van der Waals surface area contributed by atoms with Crippen molar-refractivity contribution >= 4 is 17.3 Å². The molecule has 0 aromatic heterocycles. The third-order valence-electron chi connectivity index (χ3n) is 3.26. The van der Waals surface area contributed by atoms with E-state index < -0.39 is 0 Å². The van der Waals surface area contributed by atoms with Crippen LogP contribution in [0.4, 0.5) is 11.4 Å². The van der Waals surface area contributed by atoms with Gasteiger partial charge in [-0.1, -0.05) is 5.57 Å². The average Bonchev–Trinajstić information content (AvgIpc) is 2.39. The summed E-state index contributed by atoms with van der Waals surface area (Å²) in [5.41, 5.74) is 8.68. The number of allylic oxidation sites excluding steroid dienone is 1. The molecule has 2 rings (SSSR count). The van der Waals surface area contributed by atoms with Gasteiger partial charge in [-0.05, 0) is 38.1 Å². The number of hydrogen-bond donors (Lipinski definition) is 1. The first-order valence-corrected chi connectivity index (χ1v) is 6.60. The van der Waals surface area contributed by atoms with Gasteiger partial charge in [-0.25, -0.2) is 0 Å². The van der Waals surface area contributed by atoms with Crippen LogP contribution in [0.15, 0.2) is 35.9 Å². The first kappa shape index (κ1) is 13.5. The number of anilines is 2. The fourth-order valence-electron chi connectivity index (χ4n) is 2.21. The van der Waals surface area contributed by atoms with Gasteiger partial charge >= 0.3 is 0 Å². The maximum Gasteiger partial charge on any atom is 0.246 e. The first-order valence-electron chi connectivity index (χ1n) is 6.60. The van der Waals surface area contributed by atoms with Crippen molar-refractivity contribution in [1.82, 2.24) is 4.90 Å². The van der Waals surface area contributed by atoms with Gasteiger partial charge in [0.05, 0.1) is 0 Å². The Labute approximate surface area is 114 Å². The molecule has 0 radical (unpaired) electrons. The maximum absolute atomic E-state index is 11.9. The molecule has 19 heavy (non-hydrogen) atoms. The minimum atomic E-state index is 0.122. The van der Waals surface area contributed by atoms with E-state index >= 15 is 0 Å². The van der Waals surface area contributed by atoms with Crippen LogP contribution >= 0.6 is 0 Å². The summed E-state index contributed by atoms with van der Waals surface area (Å²) in [6.45, 7) is 7.17. The number of amides is 1. The molecule has 0 saturated carbocycles. The molecular formula is C15H21N3O. The molecule has 1 fully saturated rings. The minimum Gasteiger partial charge on any atom is -0.399 e. The number of piperazine rings is 1. The van der Waals surface area contributed by atoms with Crippen molar-refractivity contribution in [3.8, 4) is 0 Å². The van der Waals surface area contributed by atoms with Crippen LogP contribution in [-0.4, -0.2) is 37.0 Å². The summed E-state index contributed by atoms with van der Waals surface area (Å²) in [5.74, 6) is 0.122. The van der Waals surface area contributed by atoms with E-state index in [1.54, 1.807) is 6.08 Å². The van der Waals surface area contributed by atoms with E-state index in [0.717, 1.165) is 37.4 Å². The SMILES string of the molecule is CC(C)=CC(=O)N1CCN(c2ccc(N)cc2)CC1. The molecular weight excluding hydrogens is 238 g/mol. The Kier molecular flexibility index (Phi) is 4.10. The Hall–Kier alpha value is -1.97. The molecule has 0 unspecified atom stereocenters. The quantitative estimate of drug-likeness (QED) is 0.651. The lowest BCUT2D eigenvalue weighted by Crippen LogP contribution is -2.48. The Morgan fingerprint density at radius 1 is 1.11 bits per heavy atom. The number of nitrogens with zero attached hydrogens (tertiary/aromatic N) is 2. The van der Waals surface area contributed by atoms with E-state index in [-0.39, 0.29) is 5.91 Å². The lowest BCUT2D eigenvalue weighted by Gasteiger charge is -2.35. The standard InChI is InChI=1S/C15H21N3O/c1-12(2)11-15(19)18-9-7-17(8-10-18)14-5-3-13(16)4-6-14/h3-6,11H,7-10,16H2,1-2H3. The summed E-state index contributed by atoms with van der Waals surface area (Å²) < 4.78 is 0. The van der Waals surface area contributed by atoms with Gasteiger partial charge < -0.3 is 15.5 Å². The molecule has 102 valence electrons. The molecule has 1 aliphatic heterocycles. The number of carbonyl (C=O) groups excluding carboxylic acids is 1. The molecule has 1 aliphatic rings. The number of rotatable bonds is 2. The van der Waals surface area contributed by atoms with E-state index in [9.17, 15) is 4.79 Å². The second kappa shape index (κ2) is 5.78. The van der Waals surface area contributed by atoms with Crippen LogP contribution in [0.2, 0.25) is 0 Å². The number of nitrogen functional groups attached to an aromatic ring is 1. The molecule has 1 saturated heterocycles. The Morgan fingerprint density at radius 2 is 1.68 bits per heavy atom. The van der Waals surface area contributed by atoms with Crippen molar-refractivity contribution in [2.45, 2.75) is 13.8 Å². The van der Waals surface area contributed by atoms with Gasteiger partial charge in [0.1, 0.15) is 0 Å². The van der Waals surface area contributed by atoms with Crippen molar-refractivity contribution in [2.24, 2.45) is 0 Å². The van der Waals surface area contributed by atoms with Crippen molar-refractivity contribution in [1.29, 1.82) is 0 Å². The van der Waals surface area contributed by atoms with Crippen molar-refractivity contribution in [2.75, 3.05) is 36.8 Å². The van der Waals surface area contributed by atoms with Crippen molar-refractivity contribution in [3.63, 3.8) is 0 Å². The third-order valence-corrected chi connectivity index (χ3v) is 3.26. The van der Waals surface area contributed by atoms with E-state index in [0.29, 0.717) is 0 Å². The normalized spacial score (nSPS) is 15.3.